The fourth-order valence-electron chi connectivity index (χ4n) is 2.99. The van der Waals surface area contributed by atoms with Crippen LogP contribution in [0.5, 0.6) is 0 Å². The van der Waals surface area contributed by atoms with E-state index in [0.717, 1.165) is 0 Å². The summed E-state index contributed by atoms with van der Waals surface area (Å²) < 4.78 is 0. The molecule has 0 saturated heterocycles. The molecule has 2 rings (SSSR count). The van der Waals surface area contributed by atoms with Crippen molar-refractivity contribution in [3.8, 4) is 11.5 Å². The molecule has 1 atom stereocenters. The van der Waals surface area contributed by atoms with Gasteiger partial charge >= 0.3 is 0 Å². The van der Waals surface area contributed by atoms with Gasteiger partial charge in [-0.2, -0.15) is 0 Å². The number of aliphatic hydroxyl groups is 1. The highest BCUT2D eigenvalue weighted by molar-refractivity contribution is 6.96. The zero-order valence-corrected chi connectivity index (χ0v) is 13.7. The normalized spacial score (nSPS) is 18.1. The number of rotatable bonds is 3. The molecule has 1 aliphatic rings. The van der Waals surface area contributed by atoms with Crippen molar-refractivity contribution in [2.75, 3.05) is 0 Å². The number of hydrogen-bond donors (Lipinski definition) is 1. The Morgan fingerprint density at radius 2 is 1.80 bits per heavy atom. The van der Waals surface area contributed by atoms with Crippen LogP contribution in [-0.2, 0) is 0 Å². The number of benzene rings is 1. The molecule has 1 nitrogen and oxygen atoms in total. The Morgan fingerprint density at radius 1 is 1.15 bits per heavy atom. The van der Waals surface area contributed by atoms with Gasteiger partial charge in [0.15, 0.2) is 8.07 Å². The molecule has 0 heterocycles. The molecule has 0 spiro atoms. The van der Waals surface area contributed by atoms with Crippen LogP contribution in [0.4, 0.5) is 0 Å². The summed E-state index contributed by atoms with van der Waals surface area (Å²) in [7, 11) is -1.67. The minimum Gasteiger partial charge on any atom is -0.392 e. The van der Waals surface area contributed by atoms with Crippen LogP contribution in [0.1, 0.15) is 38.5 Å². The molecule has 1 saturated carbocycles. The lowest BCUT2D eigenvalue weighted by Gasteiger charge is -2.25. The average Bonchev–Trinajstić information content (AvgIpc) is 2.49. The third kappa shape index (κ3) is 4.23. The van der Waals surface area contributed by atoms with Crippen molar-refractivity contribution < 1.29 is 5.11 Å². The monoisotopic (exact) mass is 286 g/mol. The first-order valence-corrected chi connectivity index (χ1v) is 10.8. The van der Waals surface area contributed by atoms with Crippen molar-refractivity contribution in [3.05, 3.63) is 30.3 Å². The molecule has 20 heavy (non-hydrogen) atoms. The van der Waals surface area contributed by atoms with Gasteiger partial charge < -0.3 is 5.11 Å². The molecule has 0 bridgehead atoms. The summed E-state index contributed by atoms with van der Waals surface area (Å²) in [6.45, 7) is 4.56. The van der Waals surface area contributed by atoms with Crippen LogP contribution < -0.4 is 5.19 Å². The Bertz CT molecular complexity index is 463. The van der Waals surface area contributed by atoms with Crippen molar-refractivity contribution in [1.82, 2.24) is 0 Å². The van der Waals surface area contributed by atoms with Gasteiger partial charge in [-0.3, -0.25) is 0 Å². The van der Waals surface area contributed by atoms with E-state index in [9.17, 15) is 5.11 Å². The second kappa shape index (κ2) is 7.11. The topological polar surface area (TPSA) is 20.2 Å². The average molecular weight is 286 g/mol. The van der Waals surface area contributed by atoms with Gasteiger partial charge in [0.25, 0.3) is 0 Å². The lowest BCUT2D eigenvalue weighted by atomic mass is 9.84. The largest absolute Gasteiger partial charge is 0.392 e. The van der Waals surface area contributed by atoms with Crippen LogP contribution in [0.2, 0.25) is 13.1 Å². The molecule has 2 heteroatoms. The summed E-state index contributed by atoms with van der Waals surface area (Å²) >= 11 is 0. The minimum atomic E-state index is -1.67. The maximum atomic E-state index is 10.3. The fourth-order valence-corrected chi connectivity index (χ4v) is 4.70. The van der Waals surface area contributed by atoms with E-state index < -0.39 is 8.07 Å². The van der Waals surface area contributed by atoms with Gasteiger partial charge in [-0.1, -0.05) is 62.7 Å². The SMILES string of the molecule is C[Si](C)(C#CCC(O)C1CCCCC1)c1ccccc1. The molecular formula is C18H26OSi. The van der Waals surface area contributed by atoms with Gasteiger partial charge in [0.05, 0.1) is 6.10 Å². The van der Waals surface area contributed by atoms with Gasteiger partial charge in [-0.05, 0) is 23.9 Å². The quantitative estimate of drug-likeness (QED) is 0.666. The summed E-state index contributed by atoms with van der Waals surface area (Å²) in [5, 5.41) is 11.6. The number of aliphatic hydroxyl groups excluding tert-OH is 1. The van der Waals surface area contributed by atoms with Gasteiger partial charge in [-0.25, -0.2) is 0 Å². The molecule has 1 aromatic rings. The Morgan fingerprint density at radius 3 is 2.45 bits per heavy atom. The molecule has 0 aliphatic heterocycles. The molecule has 0 amide bonds. The fraction of sp³-hybridized carbons (Fsp3) is 0.556. The molecule has 108 valence electrons. The van der Waals surface area contributed by atoms with Crippen LogP contribution in [0.15, 0.2) is 30.3 Å². The van der Waals surface area contributed by atoms with E-state index in [-0.39, 0.29) is 6.10 Å². The maximum absolute atomic E-state index is 10.3. The third-order valence-corrected chi connectivity index (χ3v) is 6.98. The van der Waals surface area contributed by atoms with E-state index in [2.05, 4.69) is 48.8 Å². The highest BCUT2D eigenvalue weighted by Gasteiger charge is 2.22. The lowest BCUT2D eigenvalue weighted by molar-refractivity contribution is 0.0892. The molecule has 1 fully saturated rings. The van der Waals surface area contributed by atoms with Crippen molar-refractivity contribution in [3.63, 3.8) is 0 Å². The highest BCUT2D eigenvalue weighted by atomic mass is 28.3. The molecule has 1 unspecified atom stereocenters. The van der Waals surface area contributed by atoms with E-state index in [4.69, 9.17) is 0 Å². The molecule has 0 radical (unpaired) electrons. The van der Waals surface area contributed by atoms with Crippen LogP contribution >= 0.6 is 0 Å². The molecular weight excluding hydrogens is 260 g/mol. The Hall–Kier alpha value is -1.04. The summed E-state index contributed by atoms with van der Waals surface area (Å²) in [4.78, 5) is 0. The van der Waals surface area contributed by atoms with Crippen molar-refractivity contribution >= 4 is 13.3 Å². The van der Waals surface area contributed by atoms with Crippen LogP contribution in [0.3, 0.4) is 0 Å². The van der Waals surface area contributed by atoms with Gasteiger partial charge in [0.1, 0.15) is 0 Å². The zero-order valence-electron chi connectivity index (χ0n) is 12.7. The maximum Gasteiger partial charge on any atom is 0.162 e. The Balaban J connectivity index is 1.93. The summed E-state index contributed by atoms with van der Waals surface area (Å²) in [6, 6.07) is 10.6. The molecule has 1 aromatic carbocycles. The summed E-state index contributed by atoms with van der Waals surface area (Å²) in [6.07, 6.45) is 6.68. The molecule has 0 aromatic heterocycles. The van der Waals surface area contributed by atoms with Crippen LogP contribution in [0, 0.1) is 17.4 Å². The first-order chi connectivity index (χ1) is 9.59. The predicted molar refractivity (Wildman–Crippen MR) is 88.5 cm³/mol. The van der Waals surface area contributed by atoms with Gasteiger partial charge in [0, 0.05) is 6.42 Å². The van der Waals surface area contributed by atoms with E-state index >= 15 is 0 Å². The molecule has 1 aliphatic carbocycles. The van der Waals surface area contributed by atoms with E-state index in [1.165, 1.54) is 37.3 Å². The second-order valence-corrected chi connectivity index (χ2v) is 10.5. The second-order valence-electron chi connectivity index (χ2n) is 6.46. The summed E-state index contributed by atoms with van der Waals surface area (Å²) in [5.74, 6) is 3.77. The Kier molecular flexibility index (Phi) is 5.45. The van der Waals surface area contributed by atoms with E-state index in [0.29, 0.717) is 12.3 Å². The highest BCUT2D eigenvalue weighted by Crippen LogP contribution is 2.27. The molecule has 1 N–H and O–H groups in total. The summed E-state index contributed by atoms with van der Waals surface area (Å²) in [5.41, 5.74) is 3.47. The Labute approximate surface area is 124 Å². The van der Waals surface area contributed by atoms with Gasteiger partial charge in [-0.15, -0.1) is 11.5 Å². The number of hydrogen-bond acceptors (Lipinski definition) is 1. The lowest BCUT2D eigenvalue weighted by Crippen LogP contribution is -2.40. The van der Waals surface area contributed by atoms with Crippen molar-refractivity contribution in [2.45, 2.75) is 57.7 Å². The van der Waals surface area contributed by atoms with E-state index in [1.807, 2.05) is 6.07 Å². The first kappa shape index (κ1) is 15.3. The van der Waals surface area contributed by atoms with Crippen molar-refractivity contribution in [1.29, 1.82) is 0 Å². The standard InChI is InChI=1S/C18H26OSi/c1-20(2,17-12-7-4-8-13-17)15-9-14-18(19)16-10-5-3-6-11-16/h4,7-8,12-13,16,18-19H,3,5-6,10-11,14H2,1-2H3. The van der Waals surface area contributed by atoms with E-state index in [1.54, 1.807) is 0 Å². The van der Waals surface area contributed by atoms with Gasteiger partial charge in [0.2, 0.25) is 0 Å². The van der Waals surface area contributed by atoms with Crippen LogP contribution in [0.25, 0.3) is 0 Å². The van der Waals surface area contributed by atoms with Crippen LogP contribution in [-0.4, -0.2) is 19.3 Å². The zero-order chi connectivity index (χ0) is 14.4. The first-order valence-electron chi connectivity index (χ1n) is 7.83. The van der Waals surface area contributed by atoms with Crippen molar-refractivity contribution in [2.24, 2.45) is 5.92 Å². The predicted octanol–water partition coefficient (Wildman–Crippen LogP) is 3.48. The smallest absolute Gasteiger partial charge is 0.162 e. The third-order valence-electron chi connectivity index (χ3n) is 4.40. The minimum absolute atomic E-state index is 0.219.